The number of alkyl halides is 3. The largest absolute Gasteiger partial charge is 0.416 e. The molecule has 0 saturated heterocycles. The second-order valence-corrected chi connectivity index (χ2v) is 4.45. The number of nitrogens with zero attached hydrogens (tertiary/aromatic N) is 1. The minimum absolute atomic E-state index is 0.00708. The molecule has 0 unspecified atom stereocenters. The van der Waals surface area contributed by atoms with E-state index in [1.807, 2.05) is 0 Å². The van der Waals surface area contributed by atoms with E-state index in [0.29, 0.717) is 12.8 Å². The third kappa shape index (κ3) is 4.27. The highest BCUT2D eigenvalue weighted by Gasteiger charge is 2.31. The molecule has 0 amide bonds. The van der Waals surface area contributed by atoms with Crippen molar-refractivity contribution in [1.82, 2.24) is 4.98 Å². The maximum Gasteiger partial charge on any atom is 0.416 e. The highest BCUT2D eigenvalue weighted by Crippen LogP contribution is 2.31. The first-order valence-corrected chi connectivity index (χ1v) is 6.01. The standard InChI is InChI=1S/C12H18F3N3O/c1-3-11(19,4-2)7-17-10-6-8(12(13,14)15)5-9(16)18-10/h5-6,19H,3-4,7H2,1-2H3,(H3,16,17,18). The highest BCUT2D eigenvalue weighted by atomic mass is 19.4. The molecule has 0 aliphatic heterocycles. The van der Waals surface area contributed by atoms with Crippen molar-refractivity contribution in [2.45, 2.75) is 38.5 Å². The molecule has 0 atom stereocenters. The van der Waals surface area contributed by atoms with Crippen molar-refractivity contribution in [3.8, 4) is 0 Å². The molecule has 4 nitrogen and oxygen atoms in total. The first-order chi connectivity index (χ1) is 8.70. The van der Waals surface area contributed by atoms with Crippen LogP contribution in [0.1, 0.15) is 32.3 Å². The Labute approximate surface area is 109 Å². The summed E-state index contributed by atoms with van der Waals surface area (Å²) in [5, 5.41) is 12.7. The number of nitrogen functional groups attached to an aromatic ring is 1. The quantitative estimate of drug-likeness (QED) is 0.773. The number of nitrogens with two attached hydrogens (primary N) is 1. The predicted molar refractivity (Wildman–Crippen MR) is 67.7 cm³/mol. The van der Waals surface area contributed by atoms with Crippen LogP contribution in [0.3, 0.4) is 0 Å². The van der Waals surface area contributed by atoms with Crippen LogP contribution in [0.5, 0.6) is 0 Å². The number of hydrogen-bond donors (Lipinski definition) is 3. The lowest BCUT2D eigenvalue weighted by Crippen LogP contribution is -2.35. The number of pyridine rings is 1. The van der Waals surface area contributed by atoms with Crippen molar-refractivity contribution in [2.75, 3.05) is 17.6 Å². The number of aromatic nitrogens is 1. The molecule has 0 bridgehead atoms. The van der Waals surface area contributed by atoms with Gasteiger partial charge >= 0.3 is 6.18 Å². The molecular formula is C12H18F3N3O. The van der Waals surface area contributed by atoms with Gasteiger partial charge < -0.3 is 16.2 Å². The number of rotatable bonds is 5. The van der Waals surface area contributed by atoms with Crippen LogP contribution in [-0.4, -0.2) is 22.2 Å². The van der Waals surface area contributed by atoms with E-state index >= 15 is 0 Å². The summed E-state index contributed by atoms with van der Waals surface area (Å²) in [5.41, 5.74) is 3.52. The van der Waals surface area contributed by atoms with Crippen molar-refractivity contribution in [2.24, 2.45) is 0 Å². The lowest BCUT2D eigenvalue weighted by atomic mass is 9.98. The summed E-state index contributed by atoms with van der Waals surface area (Å²) in [5.74, 6) is -0.207. The molecule has 0 fully saturated rings. The lowest BCUT2D eigenvalue weighted by Gasteiger charge is -2.25. The monoisotopic (exact) mass is 277 g/mol. The van der Waals surface area contributed by atoms with Gasteiger partial charge in [-0.15, -0.1) is 0 Å². The Morgan fingerprint density at radius 3 is 2.32 bits per heavy atom. The Morgan fingerprint density at radius 2 is 1.84 bits per heavy atom. The molecule has 1 aromatic rings. The highest BCUT2D eigenvalue weighted by molar-refractivity contribution is 5.47. The van der Waals surface area contributed by atoms with E-state index < -0.39 is 17.3 Å². The fourth-order valence-corrected chi connectivity index (χ4v) is 1.56. The summed E-state index contributed by atoms with van der Waals surface area (Å²) in [6, 6.07) is 1.65. The lowest BCUT2D eigenvalue weighted by molar-refractivity contribution is -0.137. The van der Waals surface area contributed by atoms with Crippen molar-refractivity contribution in [1.29, 1.82) is 0 Å². The fraction of sp³-hybridized carbons (Fsp3) is 0.583. The van der Waals surface area contributed by atoms with Crippen molar-refractivity contribution in [3.05, 3.63) is 17.7 Å². The summed E-state index contributed by atoms with van der Waals surface area (Å²) in [7, 11) is 0. The van der Waals surface area contributed by atoms with Crippen LogP contribution in [0.25, 0.3) is 0 Å². The normalized spacial score (nSPS) is 12.5. The minimum atomic E-state index is -4.47. The molecular weight excluding hydrogens is 259 g/mol. The zero-order valence-electron chi connectivity index (χ0n) is 10.9. The molecule has 7 heteroatoms. The van der Waals surface area contributed by atoms with Crippen LogP contribution >= 0.6 is 0 Å². The molecule has 0 radical (unpaired) electrons. The summed E-state index contributed by atoms with van der Waals surface area (Å²) in [6.45, 7) is 3.73. The number of halogens is 3. The molecule has 19 heavy (non-hydrogen) atoms. The minimum Gasteiger partial charge on any atom is -0.388 e. The number of anilines is 2. The Hall–Kier alpha value is -1.50. The Balaban J connectivity index is 2.88. The Morgan fingerprint density at radius 1 is 1.26 bits per heavy atom. The van der Waals surface area contributed by atoms with Gasteiger partial charge in [0, 0.05) is 6.54 Å². The maximum atomic E-state index is 12.6. The van der Waals surface area contributed by atoms with E-state index in [0.717, 1.165) is 12.1 Å². The fourth-order valence-electron chi connectivity index (χ4n) is 1.56. The van der Waals surface area contributed by atoms with Crippen LogP contribution in [0.15, 0.2) is 12.1 Å². The first kappa shape index (κ1) is 15.6. The van der Waals surface area contributed by atoms with Gasteiger partial charge in [-0.05, 0) is 25.0 Å². The third-order valence-corrected chi connectivity index (χ3v) is 3.09. The Kier molecular flexibility index (Phi) is 4.62. The van der Waals surface area contributed by atoms with Gasteiger partial charge in [0.05, 0.1) is 11.2 Å². The van der Waals surface area contributed by atoms with E-state index in [1.54, 1.807) is 13.8 Å². The van der Waals surface area contributed by atoms with E-state index in [9.17, 15) is 18.3 Å². The first-order valence-electron chi connectivity index (χ1n) is 6.01. The topological polar surface area (TPSA) is 71.2 Å². The van der Waals surface area contributed by atoms with Gasteiger partial charge in [0.15, 0.2) is 0 Å². The molecule has 1 rings (SSSR count). The maximum absolute atomic E-state index is 12.6. The van der Waals surface area contributed by atoms with Crippen molar-refractivity contribution < 1.29 is 18.3 Å². The van der Waals surface area contributed by atoms with Gasteiger partial charge in [-0.3, -0.25) is 0 Å². The molecule has 0 saturated carbocycles. The second-order valence-electron chi connectivity index (χ2n) is 4.45. The van der Waals surface area contributed by atoms with E-state index in [2.05, 4.69) is 10.3 Å². The summed E-state index contributed by atoms with van der Waals surface area (Å²) < 4.78 is 37.8. The van der Waals surface area contributed by atoms with E-state index in [-0.39, 0.29) is 18.2 Å². The SMILES string of the molecule is CCC(O)(CC)CNc1cc(C(F)(F)F)cc(N)n1. The van der Waals surface area contributed by atoms with Crippen LogP contribution in [0, 0.1) is 0 Å². The molecule has 0 spiro atoms. The van der Waals surface area contributed by atoms with Crippen LogP contribution in [0.4, 0.5) is 24.8 Å². The number of aliphatic hydroxyl groups is 1. The predicted octanol–water partition coefficient (Wildman–Crippen LogP) is 2.65. The average molecular weight is 277 g/mol. The molecule has 0 aliphatic rings. The van der Waals surface area contributed by atoms with Gasteiger partial charge in [0.1, 0.15) is 11.6 Å². The van der Waals surface area contributed by atoms with Gasteiger partial charge in [0.2, 0.25) is 0 Å². The van der Waals surface area contributed by atoms with E-state index in [4.69, 9.17) is 5.73 Å². The zero-order valence-corrected chi connectivity index (χ0v) is 10.9. The molecule has 0 aromatic carbocycles. The van der Waals surface area contributed by atoms with Gasteiger partial charge in [-0.2, -0.15) is 13.2 Å². The van der Waals surface area contributed by atoms with Crippen LogP contribution in [-0.2, 0) is 6.18 Å². The summed E-state index contributed by atoms with van der Waals surface area (Å²) in [4.78, 5) is 3.77. The van der Waals surface area contributed by atoms with Crippen molar-refractivity contribution >= 4 is 11.6 Å². The van der Waals surface area contributed by atoms with Crippen LogP contribution in [0.2, 0.25) is 0 Å². The number of hydrogen-bond acceptors (Lipinski definition) is 4. The number of nitrogens with one attached hydrogen (secondary N) is 1. The zero-order chi connectivity index (χ0) is 14.7. The molecule has 0 aliphatic carbocycles. The summed E-state index contributed by atoms with van der Waals surface area (Å²) in [6.07, 6.45) is -3.49. The molecule has 1 heterocycles. The second kappa shape index (κ2) is 5.64. The van der Waals surface area contributed by atoms with Gasteiger partial charge in [-0.25, -0.2) is 4.98 Å². The smallest absolute Gasteiger partial charge is 0.388 e. The average Bonchev–Trinajstić information content (AvgIpc) is 2.34. The summed E-state index contributed by atoms with van der Waals surface area (Å²) >= 11 is 0. The molecule has 4 N–H and O–H groups in total. The molecule has 1 aromatic heterocycles. The van der Waals surface area contributed by atoms with Gasteiger partial charge in [-0.1, -0.05) is 13.8 Å². The molecule has 108 valence electrons. The van der Waals surface area contributed by atoms with Crippen LogP contribution < -0.4 is 11.1 Å². The van der Waals surface area contributed by atoms with Crippen molar-refractivity contribution in [3.63, 3.8) is 0 Å². The Bertz CT molecular complexity index is 431. The van der Waals surface area contributed by atoms with Gasteiger partial charge in [0.25, 0.3) is 0 Å². The van der Waals surface area contributed by atoms with E-state index in [1.165, 1.54) is 0 Å². The third-order valence-electron chi connectivity index (χ3n) is 3.09.